The van der Waals surface area contributed by atoms with E-state index in [0.717, 1.165) is 25.1 Å². The van der Waals surface area contributed by atoms with E-state index in [-0.39, 0.29) is 0 Å². The number of allylic oxidation sites excluding steroid dienone is 1. The number of azo groups is 2. The Balaban J connectivity index is 2.33. The molecule has 2 aromatic carbocycles. The summed E-state index contributed by atoms with van der Waals surface area (Å²) in [7, 11) is 0. The number of unbranched alkanes of at least 4 members (excludes halogenated alkanes) is 3. The molecule has 0 radical (unpaired) electrons. The summed E-state index contributed by atoms with van der Waals surface area (Å²) in [6, 6.07) is 15.8. The topological polar surface area (TPSA) is 15.4 Å². The number of hydrogen-bond acceptors (Lipinski definition) is 1. The van der Waals surface area contributed by atoms with Gasteiger partial charge in [-0.1, -0.05) is 82.0 Å². The Morgan fingerprint density at radius 1 is 0.781 bits per heavy atom. The third-order valence-electron chi connectivity index (χ3n) is 6.12. The first-order chi connectivity index (χ1) is 15.6. The maximum Gasteiger partial charge on any atom is 0.208 e. The van der Waals surface area contributed by atoms with Gasteiger partial charge in [0.15, 0.2) is 6.54 Å². The molecule has 0 fully saturated rings. The molecule has 174 valence electrons. The molecule has 2 heteroatoms. The molecule has 0 saturated carbocycles. The van der Waals surface area contributed by atoms with E-state index in [2.05, 4.69) is 87.9 Å². The molecular weight excluding hydrogens is 388 g/mol. The number of nitrogens with zero attached hydrogens (tertiary/aromatic N) is 2. The molecule has 2 nitrogen and oxygen atoms in total. The molecule has 0 bridgehead atoms. The van der Waals surface area contributed by atoms with Crippen molar-refractivity contribution in [2.24, 2.45) is 5.11 Å². The number of benzene rings is 2. The van der Waals surface area contributed by atoms with Gasteiger partial charge in [0.05, 0.1) is 0 Å². The normalized spacial score (nSPS) is 12.4. The van der Waals surface area contributed by atoms with Gasteiger partial charge in [-0.2, -0.15) is 0 Å². The van der Waals surface area contributed by atoms with Crippen LogP contribution in [0.15, 0.2) is 53.3 Å². The van der Waals surface area contributed by atoms with Gasteiger partial charge >= 0.3 is 0 Å². The lowest BCUT2D eigenvalue weighted by Gasteiger charge is -2.11. The second kappa shape index (κ2) is 14.8. The lowest BCUT2D eigenvalue weighted by atomic mass is 9.95. The van der Waals surface area contributed by atoms with Crippen LogP contribution >= 0.6 is 0 Å². The zero-order valence-corrected chi connectivity index (χ0v) is 21.3. The molecule has 0 N–H and O–H groups in total. The van der Waals surface area contributed by atoms with Gasteiger partial charge in [-0.05, 0) is 84.9 Å². The standard InChI is InChI=1S/C30H45N2/c1-6-11-15-25-16-14-19-29(23-25)31-32(10-5)30(9-4)24-26-20-21-27(17-12-7-2)28(22-26)18-13-8-3/h14,16,19-24H,6-13,15,17-18H2,1-5H3/q+1. The summed E-state index contributed by atoms with van der Waals surface area (Å²) >= 11 is 0. The fourth-order valence-corrected chi connectivity index (χ4v) is 4.13. The number of rotatable bonds is 14. The molecule has 0 amide bonds. The Morgan fingerprint density at radius 3 is 2.12 bits per heavy atom. The highest BCUT2D eigenvalue weighted by atomic mass is 15.3. The Labute approximate surface area is 197 Å². The van der Waals surface area contributed by atoms with Gasteiger partial charge in [0.1, 0.15) is 5.69 Å². The summed E-state index contributed by atoms with van der Waals surface area (Å²) in [5, 5.41) is 5.01. The summed E-state index contributed by atoms with van der Waals surface area (Å²) in [6.07, 6.45) is 14.3. The van der Waals surface area contributed by atoms with Crippen molar-refractivity contribution in [1.82, 2.24) is 0 Å². The lowest BCUT2D eigenvalue weighted by Crippen LogP contribution is -2.08. The van der Waals surface area contributed by atoms with Crippen molar-refractivity contribution in [1.29, 1.82) is 0 Å². The molecule has 0 heterocycles. The summed E-state index contributed by atoms with van der Waals surface area (Å²) in [5.41, 5.74) is 8.09. The maximum atomic E-state index is 5.01. The van der Waals surface area contributed by atoms with Gasteiger partial charge in [0.25, 0.3) is 0 Å². The smallest absolute Gasteiger partial charge is 0.0882 e. The van der Waals surface area contributed by atoms with E-state index in [4.69, 9.17) is 5.11 Å². The highest BCUT2D eigenvalue weighted by Gasteiger charge is 2.13. The van der Waals surface area contributed by atoms with Crippen LogP contribution in [0, 0.1) is 0 Å². The second-order valence-electron chi connectivity index (χ2n) is 8.81. The van der Waals surface area contributed by atoms with Crippen molar-refractivity contribution in [2.45, 2.75) is 98.8 Å². The minimum atomic E-state index is 0.871. The maximum absolute atomic E-state index is 5.01. The summed E-state index contributed by atoms with van der Waals surface area (Å²) < 4.78 is 2.18. The van der Waals surface area contributed by atoms with Gasteiger partial charge < -0.3 is 0 Å². The first-order valence-corrected chi connectivity index (χ1v) is 13.0. The fourth-order valence-electron chi connectivity index (χ4n) is 4.13. The van der Waals surface area contributed by atoms with E-state index < -0.39 is 0 Å². The van der Waals surface area contributed by atoms with Crippen molar-refractivity contribution >= 4 is 11.8 Å². The van der Waals surface area contributed by atoms with E-state index in [1.165, 1.54) is 79.3 Å². The molecule has 0 aliphatic heterocycles. The van der Waals surface area contributed by atoms with Crippen molar-refractivity contribution < 1.29 is 4.70 Å². The van der Waals surface area contributed by atoms with Gasteiger partial charge in [-0.15, -0.1) is 0 Å². The van der Waals surface area contributed by atoms with Crippen LogP contribution in [0.2, 0.25) is 0 Å². The molecule has 0 atom stereocenters. The van der Waals surface area contributed by atoms with E-state index in [9.17, 15) is 0 Å². The molecule has 0 aliphatic carbocycles. The Hall–Kier alpha value is -2.22. The monoisotopic (exact) mass is 433 g/mol. The third-order valence-corrected chi connectivity index (χ3v) is 6.12. The van der Waals surface area contributed by atoms with E-state index >= 15 is 0 Å². The van der Waals surface area contributed by atoms with Crippen LogP contribution in [0.4, 0.5) is 5.69 Å². The zero-order chi connectivity index (χ0) is 23.2. The van der Waals surface area contributed by atoms with Gasteiger partial charge in [-0.25, -0.2) is 0 Å². The average Bonchev–Trinajstić information content (AvgIpc) is 2.83. The van der Waals surface area contributed by atoms with Crippen molar-refractivity contribution in [2.75, 3.05) is 6.54 Å². The highest BCUT2D eigenvalue weighted by molar-refractivity contribution is 5.53. The van der Waals surface area contributed by atoms with Crippen molar-refractivity contribution in [3.05, 3.63) is 70.4 Å². The fraction of sp³-hybridized carbons (Fsp3) is 0.533. The van der Waals surface area contributed by atoms with Crippen LogP contribution < -0.4 is 0 Å². The molecule has 2 rings (SSSR count). The Bertz CT molecular complexity index is 876. The zero-order valence-electron chi connectivity index (χ0n) is 21.3. The first kappa shape index (κ1) is 26.0. The highest BCUT2D eigenvalue weighted by Crippen LogP contribution is 2.22. The quantitative estimate of drug-likeness (QED) is 0.208. The third kappa shape index (κ3) is 8.37. The van der Waals surface area contributed by atoms with Crippen LogP contribution in [0.3, 0.4) is 0 Å². The second-order valence-corrected chi connectivity index (χ2v) is 8.81. The number of hydrogen-bond donors (Lipinski definition) is 0. The number of aryl methyl sites for hydroxylation is 3. The molecule has 0 spiro atoms. The van der Waals surface area contributed by atoms with E-state index in [0.29, 0.717) is 0 Å². The molecule has 0 unspecified atom stereocenters. The SMILES string of the molecule is CCCCc1cccc(N=[N+](CC)C(=Cc2ccc(CCCC)c(CCCC)c2)CC)c1. The molecule has 0 aromatic heterocycles. The molecule has 2 aromatic rings. The minimum absolute atomic E-state index is 0.871. The van der Waals surface area contributed by atoms with Crippen LogP contribution in [-0.2, 0) is 19.3 Å². The largest absolute Gasteiger partial charge is 0.208 e. The molecule has 32 heavy (non-hydrogen) atoms. The predicted molar refractivity (Wildman–Crippen MR) is 140 cm³/mol. The van der Waals surface area contributed by atoms with Gasteiger partial charge in [-0.3, -0.25) is 0 Å². The van der Waals surface area contributed by atoms with Crippen LogP contribution in [0.1, 0.15) is 102 Å². The summed E-state index contributed by atoms with van der Waals surface area (Å²) in [6.45, 7) is 12.1. The van der Waals surface area contributed by atoms with Crippen LogP contribution in [0.25, 0.3) is 6.08 Å². The Kier molecular flexibility index (Phi) is 12.0. The minimum Gasteiger partial charge on any atom is -0.0882 e. The lowest BCUT2D eigenvalue weighted by molar-refractivity contribution is -0.539. The van der Waals surface area contributed by atoms with Gasteiger partial charge in [0, 0.05) is 12.5 Å². The molecule has 0 saturated heterocycles. The molecular formula is C30H45N2+. The van der Waals surface area contributed by atoms with Crippen LogP contribution in [0.5, 0.6) is 0 Å². The molecule has 0 aliphatic rings. The average molecular weight is 434 g/mol. The van der Waals surface area contributed by atoms with E-state index in [1.807, 2.05) is 0 Å². The van der Waals surface area contributed by atoms with Crippen molar-refractivity contribution in [3.63, 3.8) is 0 Å². The predicted octanol–water partition coefficient (Wildman–Crippen LogP) is 9.28. The van der Waals surface area contributed by atoms with Crippen molar-refractivity contribution in [3.8, 4) is 0 Å². The Morgan fingerprint density at radius 2 is 1.47 bits per heavy atom. The van der Waals surface area contributed by atoms with Crippen LogP contribution in [-0.4, -0.2) is 11.2 Å². The summed E-state index contributed by atoms with van der Waals surface area (Å²) in [5.74, 6) is 0. The van der Waals surface area contributed by atoms with E-state index in [1.54, 1.807) is 0 Å². The first-order valence-electron chi connectivity index (χ1n) is 13.0. The van der Waals surface area contributed by atoms with Gasteiger partial charge in [0.2, 0.25) is 5.70 Å². The summed E-state index contributed by atoms with van der Waals surface area (Å²) in [4.78, 5) is 0.